The molecule has 3 aliphatic rings. The van der Waals surface area contributed by atoms with E-state index < -0.39 is 51.8 Å². The highest BCUT2D eigenvalue weighted by atomic mass is 16.6. The summed E-state index contributed by atoms with van der Waals surface area (Å²) in [7, 11) is 2.63. The lowest BCUT2D eigenvalue weighted by molar-refractivity contribution is -0.168. The zero-order valence-electron chi connectivity index (χ0n) is 59.9. The lowest BCUT2D eigenvalue weighted by Gasteiger charge is -2.33. The summed E-state index contributed by atoms with van der Waals surface area (Å²) < 4.78 is 81.0. The van der Waals surface area contributed by atoms with E-state index in [1.54, 1.807) is 20.8 Å². The molecule has 0 radical (unpaired) electrons. The van der Waals surface area contributed by atoms with E-state index in [0.29, 0.717) is 17.8 Å². The van der Waals surface area contributed by atoms with Crippen LogP contribution in [0.25, 0.3) is 0 Å². The highest BCUT2D eigenvalue weighted by Crippen LogP contribution is 2.44. The first-order valence-corrected chi connectivity index (χ1v) is 26.3. The maximum atomic E-state index is 12.5. The molecule has 0 aliphatic heterocycles. The van der Waals surface area contributed by atoms with Crippen LogP contribution in [0.3, 0.4) is 0 Å². The number of hydrogen-bond donors (Lipinski definition) is 2. The first kappa shape index (κ1) is 61.5. The molecule has 0 aromatic heterocycles. The van der Waals surface area contributed by atoms with Crippen molar-refractivity contribution in [1.29, 1.82) is 0 Å². The summed E-state index contributed by atoms with van der Waals surface area (Å²) in [5, 5.41) is 19.3. The van der Waals surface area contributed by atoms with Crippen LogP contribution in [0.2, 0.25) is 0 Å². The van der Waals surface area contributed by atoms with Crippen molar-refractivity contribution in [2.45, 2.75) is 249 Å². The van der Waals surface area contributed by atoms with Crippen LogP contribution in [0.15, 0.2) is 43.0 Å². The number of rotatable bonds is 22. The lowest BCUT2D eigenvalue weighted by Crippen LogP contribution is -2.38. The largest absolute Gasteiger partial charge is 1.00 e. The van der Waals surface area contributed by atoms with Gasteiger partial charge in [0, 0.05) is 19.2 Å². The van der Waals surface area contributed by atoms with Gasteiger partial charge in [0.05, 0.1) is 44.5 Å². The number of nitrogens with zero attached hydrogens (tertiary/aromatic N) is 1. The van der Waals surface area contributed by atoms with E-state index in [2.05, 4.69) is 29.5 Å². The molecule has 9 atom stereocenters. The second-order valence-corrected chi connectivity index (χ2v) is 24.0. The molecule has 440 valence electrons. The number of unbranched alkanes of at least 4 members (excludes halogenated alkanes) is 3. The minimum Gasteiger partial charge on any atom is -1.00 e. The summed E-state index contributed by atoms with van der Waals surface area (Å²) in [4.78, 5) is 72.7. The summed E-state index contributed by atoms with van der Waals surface area (Å²) in [5.74, 6) is -2.38. The minimum atomic E-state index is -0.937. The molecule has 0 aromatic carbocycles. The normalized spacial score (nSPS) is 25.0. The Morgan fingerprint density at radius 2 is 1.01 bits per heavy atom. The number of ether oxygens (including phenoxy) is 4. The predicted octanol–water partition coefficient (Wildman–Crippen LogP) is 16.2. The topological polar surface area (TPSA) is 192 Å². The van der Waals surface area contributed by atoms with Crippen LogP contribution in [0.4, 0.5) is 0 Å². The number of isocyanates is 1. The Labute approximate surface area is 466 Å². The highest BCUT2D eigenvalue weighted by molar-refractivity contribution is 5.81. The van der Waals surface area contributed by atoms with Gasteiger partial charge < -0.3 is 30.6 Å². The zero-order valence-corrected chi connectivity index (χ0v) is 46.9. The van der Waals surface area contributed by atoms with Crippen LogP contribution in [0, 0.1) is 45.8 Å². The van der Waals surface area contributed by atoms with Crippen molar-refractivity contribution in [2.24, 2.45) is 50.8 Å². The number of hydrogen-bond acceptors (Lipinski definition) is 12. The molecule has 0 amide bonds. The summed E-state index contributed by atoms with van der Waals surface area (Å²) in [5.41, 5.74) is -2.45. The second kappa shape index (κ2) is 34.5. The van der Waals surface area contributed by atoms with Gasteiger partial charge in [0.15, 0.2) is 6.04 Å². The van der Waals surface area contributed by atoms with Crippen LogP contribution >= 0.6 is 0 Å². The van der Waals surface area contributed by atoms with Crippen LogP contribution < -0.4 is 0 Å². The first-order valence-electron chi connectivity index (χ1n) is 32.3. The van der Waals surface area contributed by atoms with Crippen molar-refractivity contribution in [3.8, 4) is 0 Å². The van der Waals surface area contributed by atoms with E-state index in [4.69, 9.17) is 32.0 Å². The van der Waals surface area contributed by atoms with Crippen molar-refractivity contribution >= 4 is 35.9 Å². The molecule has 3 fully saturated rings. The van der Waals surface area contributed by atoms with E-state index in [1.165, 1.54) is 46.0 Å². The number of carboxylic acid groups (broad SMARTS) is 1. The number of esters is 4. The quantitative estimate of drug-likeness (QED) is 0.0261. The van der Waals surface area contributed by atoms with E-state index in [9.17, 15) is 39.0 Å². The fraction of sp³-hybridized carbons (Fsp3) is 0.800. The molecule has 0 heterocycles. The van der Waals surface area contributed by atoms with Gasteiger partial charge in [0.2, 0.25) is 6.08 Å². The number of carbonyl (C=O) groups excluding carboxylic acids is 5. The highest BCUT2D eigenvalue weighted by Gasteiger charge is 2.45. The van der Waals surface area contributed by atoms with Gasteiger partial charge in [-0.05, 0) is 164 Å². The van der Waals surface area contributed by atoms with Crippen molar-refractivity contribution in [3.63, 3.8) is 0 Å². The van der Waals surface area contributed by atoms with E-state index >= 15 is 0 Å². The molecule has 3 saturated carbocycles. The van der Waals surface area contributed by atoms with Gasteiger partial charge in [-0.1, -0.05) is 102 Å². The Balaban J connectivity index is -0.0000000944. The van der Waals surface area contributed by atoms with Crippen LogP contribution in [-0.2, 0) is 47.7 Å². The van der Waals surface area contributed by atoms with E-state index in [-0.39, 0.29) is 59.5 Å². The third kappa shape index (κ3) is 26.8. The summed E-state index contributed by atoms with van der Waals surface area (Å²) in [6.07, 6.45) is 26.3. The Bertz CT molecular complexity index is 1780. The maximum Gasteiger partial charge on any atom is 0.332 e. The smallest absolute Gasteiger partial charge is 0.332 e. The average molecular weight is 1060 g/mol. The number of methoxy groups -OCH3 is 2. The Hall–Kier alpha value is -4.09. The molecule has 73 heavy (non-hydrogen) atoms. The van der Waals surface area contributed by atoms with Gasteiger partial charge in [-0.3, -0.25) is 19.2 Å². The molecule has 3 rings (SSSR count). The average Bonchev–Trinajstić information content (AvgIpc) is 4.11. The molecule has 13 nitrogen and oxygen atoms in total. The predicted molar refractivity (Wildman–Crippen MR) is 311 cm³/mol. The SMILES string of the molecule is C.C.C=CCCC[C@@H]1CCC[C@@]1(C)O.C=CCCC[C@@H]1CCC[C@@]1(C)OC(=O)C[C@H](C(=O)O)C(C)(C)C.C=CCCC[C@@H]1CCC[C@@]1(C)OC(=O)C[C@H](C(=O)OC)C(C)(C)C.COC(=O)[C@@H](N=C=O)C(C)(C)C.[2H-].[2HH].[2H][2H].[2H][2H].[2H][2H].[2H][2H].[2H][2H].[2H][2H]. The molecule has 2 N–H and O–H groups in total. The third-order valence-electron chi connectivity index (χ3n) is 14.9. The molecule has 13 heteroatoms. The van der Waals surface area contributed by atoms with Gasteiger partial charge in [0.1, 0.15) is 11.2 Å². The van der Waals surface area contributed by atoms with Gasteiger partial charge in [0.25, 0.3) is 0 Å². The molecule has 0 spiro atoms. The van der Waals surface area contributed by atoms with Crippen LogP contribution in [-0.4, -0.2) is 83.2 Å². The number of aliphatic carboxylic acids is 1. The molecular weight excluding hydrogens is 927 g/mol. The van der Waals surface area contributed by atoms with Gasteiger partial charge >= 0.3 is 29.8 Å². The fourth-order valence-electron chi connectivity index (χ4n) is 10.1. The van der Waals surface area contributed by atoms with Crippen molar-refractivity contribution in [3.05, 3.63) is 38.0 Å². The zero-order chi connectivity index (χ0) is 66.9. The number of carbonyl (C=O) groups is 5. The van der Waals surface area contributed by atoms with Crippen molar-refractivity contribution in [2.75, 3.05) is 14.2 Å². The van der Waals surface area contributed by atoms with Crippen LogP contribution in [0.5, 0.6) is 0 Å². The standard InChI is InChI=1S/C20H34O4.C19H32O4.C11H20O.C8H13NO3.2CH4.7H2.H/c1-7-8-9-11-15-12-10-13-20(15,5)24-17(21)14-16(18(22)23-6)19(2,3)4;1-6-7-8-10-14-11-9-12-19(14,5)23-16(20)13-15(17(21)22)18(2,3)4;1-3-4-5-7-10-8-6-9-11(10,2)12;1-8(2,3)6(9-5-10)7(11)12-4;;;;;;;;;;/h7,15-16H,1,8-14H2,2-6H3;6,14-15H,1,7-13H2,2-5H3,(H,21,22);3,10,12H,1,4-9H2,2H3;6H,1-4H3;2*1H4;7*1H;/q;;;;;;;;;;;;;-1/t15-,16-,20-;14-,15-,19-;10-,11-;6-;;;;;;;;;;/m1111........../s1/i;;;;;;6*1+1D;2*1+1. The van der Waals surface area contributed by atoms with Crippen molar-refractivity contribution < 1.29 is 78.6 Å². The minimum absolute atomic E-state index is 0. The number of aliphatic hydroxyl groups is 1. The number of allylic oxidation sites excluding steroid dienone is 3. The molecule has 0 unspecified atom stereocenters. The van der Waals surface area contributed by atoms with E-state index in [1.807, 2.05) is 80.5 Å². The molecule has 0 bridgehead atoms. The van der Waals surface area contributed by atoms with Gasteiger partial charge in [-0.15, -0.1) is 19.7 Å². The fourth-order valence-corrected chi connectivity index (χ4v) is 10.1. The Morgan fingerprint density at radius 1 is 0.658 bits per heavy atom. The Kier molecular flexibility index (Phi) is 29.0. The summed E-state index contributed by atoms with van der Waals surface area (Å²) in [6, 6.07) is -0.764. The summed E-state index contributed by atoms with van der Waals surface area (Å²) >= 11 is 0. The molecule has 0 saturated heterocycles. The number of aliphatic imine (C=N–C) groups is 1. The third-order valence-corrected chi connectivity index (χ3v) is 14.9. The van der Waals surface area contributed by atoms with Crippen molar-refractivity contribution in [1.82, 2.24) is 0 Å². The lowest BCUT2D eigenvalue weighted by atomic mass is 9.78. The molecular formula is C60H122NO12-. The maximum absolute atomic E-state index is 12.5. The molecule has 0 aromatic rings. The number of carboxylic acids is 1. The summed E-state index contributed by atoms with van der Waals surface area (Å²) in [6.45, 7) is 34.0. The second-order valence-electron chi connectivity index (χ2n) is 24.0. The van der Waals surface area contributed by atoms with Crippen LogP contribution in [0.1, 0.15) is 247 Å². The molecule has 3 aliphatic carbocycles. The van der Waals surface area contributed by atoms with Gasteiger partial charge in [-0.25, -0.2) is 9.59 Å². The monoisotopic (exact) mass is 1060 g/mol. The Morgan fingerprint density at radius 3 is 1.32 bits per heavy atom. The van der Waals surface area contributed by atoms with Gasteiger partial charge in [-0.2, -0.15) is 4.99 Å². The van der Waals surface area contributed by atoms with E-state index in [0.717, 1.165) is 89.9 Å². The first-order chi connectivity index (χ1) is 38.8.